The topological polar surface area (TPSA) is 104 Å². The van der Waals surface area contributed by atoms with Crippen LogP contribution < -0.4 is 0 Å². The van der Waals surface area contributed by atoms with Crippen molar-refractivity contribution < 1.29 is 20.1 Å². The first kappa shape index (κ1) is 12.7. The summed E-state index contributed by atoms with van der Waals surface area (Å²) in [5.41, 5.74) is 0. The normalized spacial score (nSPS) is 32.9. The molecule has 0 saturated carbocycles. The minimum atomic E-state index is -1.21. The lowest BCUT2D eigenvalue weighted by atomic mass is 10.1. The third-order valence-electron chi connectivity index (χ3n) is 2.50. The van der Waals surface area contributed by atoms with Crippen molar-refractivity contribution in [3.63, 3.8) is 0 Å². The molecule has 17 heavy (non-hydrogen) atoms. The Bertz CT molecular complexity index is 516. The number of nitrogens with zero attached hydrogens (tertiary/aromatic N) is 2. The smallest absolute Gasteiger partial charge is 0.197 e. The van der Waals surface area contributed by atoms with Gasteiger partial charge in [0.25, 0.3) is 0 Å². The largest absolute Gasteiger partial charge is 0.394 e. The molecule has 0 amide bonds. The maximum Gasteiger partial charge on any atom is 0.197 e. The van der Waals surface area contributed by atoms with Crippen molar-refractivity contribution in [3.05, 3.63) is 15.6 Å². The molecular formula is C8H11N3O4S2. The highest BCUT2D eigenvalue weighted by Gasteiger charge is 2.43. The van der Waals surface area contributed by atoms with E-state index in [0.717, 1.165) is 0 Å². The van der Waals surface area contributed by atoms with Crippen molar-refractivity contribution in [1.29, 1.82) is 0 Å². The first-order chi connectivity index (χ1) is 8.04. The van der Waals surface area contributed by atoms with E-state index in [-0.39, 0.29) is 4.77 Å². The van der Waals surface area contributed by atoms with Gasteiger partial charge in [-0.25, -0.2) is 4.68 Å². The quantitative estimate of drug-likeness (QED) is 0.529. The van der Waals surface area contributed by atoms with Crippen LogP contribution in [0.5, 0.6) is 0 Å². The monoisotopic (exact) mass is 277 g/mol. The molecule has 0 aromatic carbocycles. The summed E-state index contributed by atoms with van der Waals surface area (Å²) in [6.07, 6.45) is -2.85. The van der Waals surface area contributed by atoms with Gasteiger partial charge >= 0.3 is 0 Å². The molecule has 7 nitrogen and oxygen atoms in total. The van der Waals surface area contributed by atoms with E-state index < -0.39 is 31.1 Å². The average molecular weight is 277 g/mol. The summed E-state index contributed by atoms with van der Waals surface area (Å²) in [5, 5.41) is 32.2. The molecule has 1 aliphatic heterocycles. The molecule has 9 heteroatoms. The molecule has 2 heterocycles. The summed E-state index contributed by atoms with van der Waals surface area (Å²) in [5.74, 6) is 0. The van der Waals surface area contributed by atoms with E-state index in [4.69, 9.17) is 34.3 Å². The van der Waals surface area contributed by atoms with E-state index in [2.05, 4.69) is 10.1 Å². The highest BCUT2D eigenvalue weighted by molar-refractivity contribution is 7.72. The van der Waals surface area contributed by atoms with Crippen LogP contribution in [0.4, 0.5) is 0 Å². The molecular weight excluding hydrogens is 266 g/mol. The lowest BCUT2D eigenvalue weighted by molar-refractivity contribution is -0.0607. The first-order valence-corrected chi connectivity index (χ1v) is 5.67. The zero-order chi connectivity index (χ0) is 12.6. The van der Waals surface area contributed by atoms with Crippen molar-refractivity contribution in [2.24, 2.45) is 0 Å². The van der Waals surface area contributed by atoms with Crippen LogP contribution >= 0.6 is 24.4 Å². The SMILES string of the molecule is OC[C@H]1O[C@@H](n2ncc(=S)[nH]c2=S)[C@H](O)[C@@H]1O. The second-order valence-electron chi connectivity index (χ2n) is 3.61. The van der Waals surface area contributed by atoms with Crippen LogP contribution in [-0.2, 0) is 4.74 Å². The number of rotatable bonds is 2. The van der Waals surface area contributed by atoms with Gasteiger partial charge in [-0.2, -0.15) is 5.10 Å². The Morgan fingerprint density at radius 1 is 1.41 bits per heavy atom. The van der Waals surface area contributed by atoms with Crippen molar-refractivity contribution in [2.75, 3.05) is 6.61 Å². The minimum Gasteiger partial charge on any atom is -0.394 e. The fourth-order valence-corrected chi connectivity index (χ4v) is 2.09. The summed E-state index contributed by atoms with van der Waals surface area (Å²) in [6, 6.07) is 0. The highest BCUT2D eigenvalue weighted by atomic mass is 32.1. The number of aromatic amines is 1. The minimum absolute atomic E-state index is 0.173. The van der Waals surface area contributed by atoms with Gasteiger partial charge in [0.05, 0.1) is 12.8 Å². The number of hydrogen-bond acceptors (Lipinski definition) is 7. The maximum absolute atomic E-state index is 9.77. The number of aliphatic hydroxyl groups is 3. The fourth-order valence-electron chi connectivity index (χ4n) is 1.63. The van der Waals surface area contributed by atoms with Gasteiger partial charge < -0.3 is 25.0 Å². The molecule has 0 radical (unpaired) electrons. The molecule has 94 valence electrons. The van der Waals surface area contributed by atoms with E-state index in [1.807, 2.05) is 0 Å². The molecule has 0 bridgehead atoms. The first-order valence-electron chi connectivity index (χ1n) is 4.85. The molecule has 2 rings (SSSR count). The standard InChI is InChI=1S/C8H11N3O4S2/c12-2-3-5(13)6(14)7(15-3)11-8(17)10-4(16)1-9-11/h1,3,5-7,12-14H,2H2,(H,10,16,17)/t3-,5-,6-,7-/m1/s1. The molecule has 0 spiro atoms. The summed E-state index contributed by atoms with van der Waals surface area (Å²) in [6.45, 7) is -0.398. The van der Waals surface area contributed by atoms with Gasteiger partial charge in [-0.3, -0.25) is 0 Å². The van der Waals surface area contributed by atoms with Gasteiger partial charge in [0.15, 0.2) is 11.0 Å². The predicted octanol–water partition coefficient (Wildman–Crippen LogP) is -0.718. The van der Waals surface area contributed by atoms with Crippen molar-refractivity contribution in [2.45, 2.75) is 24.5 Å². The molecule has 0 unspecified atom stereocenters. The average Bonchev–Trinajstić information content (AvgIpc) is 2.57. The molecule has 1 aliphatic rings. The van der Waals surface area contributed by atoms with Gasteiger partial charge in [-0.15, -0.1) is 0 Å². The Morgan fingerprint density at radius 2 is 2.12 bits per heavy atom. The molecule has 1 saturated heterocycles. The zero-order valence-electron chi connectivity index (χ0n) is 8.55. The Balaban J connectivity index is 2.35. The Hall–Kier alpha value is -0.710. The summed E-state index contributed by atoms with van der Waals surface area (Å²) >= 11 is 9.83. The van der Waals surface area contributed by atoms with Gasteiger partial charge in [-0.05, 0) is 12.2 Å². The van der Waals surface area contributed by atoms with Gasteiger partial charge in [0, 0.05) is 0 Å². The van der Waals surface area contributed by atoms with Crippen molar-refractivity contribution in [3.8, 4) is 0 Å². The van der Waals surface area contributed by atoms with E-state index in [0.29, 0.717) is 4.64 Å². The number of H-pyrrole nitrogens is 1. The third-order valence-corrected chi connectivity index (χ3v) is 2.99. The molecule has 4 N–H and O–H groups in total. The third kappa shape index (κ3) is 2.30. The number of aliphatic hydroxyl groups excluding tert-OH is 3. The van der Waals surface area contributed by atoms with Crippen LogP contribution in [0.2, 0.25) is 0 Å². The fraction of sp³-hybridized carbons (Fsp3) is 0.625. The van der Waals surface area contributed by atoms with Crippen molar-refractivity contribution in [1.82, 2.24) is 14.8 Å². The lowest BCUT2D eigenvalue weighted by Crippen LogP contribution is -2.33. The van der Waals surface area contributed by atoms with Crippen LogP contribution in [-0.4, -0.2) is 55.0 Å². The van der Waals surface area contributed by atoms with Crippen molar-refractivity contribution >= 4 is 24.4 Å². The highest BCUT2D eigenvalue weighted by Crippen LogP contribution is 2.28. The molecule has 1 aromatic heterocycles. The second kappa shape index (κ2) is 4.88. The summed E-state index contributed by atoms with van der Waals surface area (Å²) < 4.78 is 7.01. The maximum atomic E-state index is 9.77. The van der Waals surface area contributed by atoms with Crippen LogP contribution in [0.15, 0.2) is 6.20 Å². The van der Waals surface area contributed by atoms with Gasteiger partial charge in [0.2, 0.25) is 0 Å². The number of hydrogen-bond donors (Lipinski definition) is 4. The van der Waals surface area contributed by atoms with Crippen LogP contribution in [0.25, 0.3) is 0 Å². The van der Waals surface area contributed by atoms with E-state index in [9.17, 15) is 10.2 Å². The van der Waals surface area contributed by atoms with Crippen LogP contribution in [0.3, 0.4) is 0 Å². The lowest BCUT2D eigenvalue weighted by Gasteiger charge is -2.16. The predicted molar refractivity (Wildman–Crippen MR) is 61.3 cm³/mol. The summed E-state index contributed by atoms with van der Waals surface area (Å²) in [4.78, 5) is 2.68. The number of nitrogens with one attached hydrogen (secondary N) is 1. The zero-order valence-corrected chi connectivity index (χ0v) is 10.2. The Morgan fingerprint density at radius 3 is 2.65 bits per heavy atom. The number of ether oxygens (including phenoxy) is 1. The Labute approximate surface area is 106 Å². The summed E-state index contributed by atoms with van der Waals surface area (Å²) in [7, 11) is 0. The molecule has 0 aliphatic carbocycles. The number of aromatic nitrogens is 3. The van der Waals surface area contributed by atoms with Crippen LogP contribution in [0.1, 0.15) is 6.23 Å². The van der Waals surface area contributed by atoms with Gasteiger partial charge in [0.1, 0.15) is 23.0 Å². The second-order valence-corrected chi connectivity index (χ2v) is 4.44. The molecule has 4 atom stereocenters. The molecule has 1 fully saturated rings. The van der Waals surface area contributed by atoms with Gasteiger partial charge in [-0.1, -0.05) is 12.2 Å². The Kier molecular flexibility index (Phi) is 3.66. The van der Waals surface area contributed by atoms with E-state index in [1.54, 1.807) is 0 Å². The van der Waals surface area contributed by atoms with Crippen LogP contribution in [0, 0.1) is 9.41 Å². The van der Waals surface area contributed by atoms with E-state index in [1.165, 1.54) is 10.9 Å². The van der Waals surface area contributed by atoms with E-state index >= 15 is 0 Å². The molecule has 1 aromatic rings.